The Morgan fingerprint density at radius 1 is 1.38 bits per heavy atom. The minimum absolute atomic E-state index is 0.104. The van der Waals surface area contributed by atoms with Crippen molar-refractivity contribution in [1.82, 2.24) is 14.6 Å². The molecule has 0 amide bonds. The van der Waals surface area contributed by atoms with E-state index >= 15 is 4.39 Å². The average Bonchev–Trinajstić information content (AvgIpc) is 3.01. The molecule has 1 aliphatic heterocycles. The fraction of sp³-hybridized carbons (Fsp3) is 0.421. The van der Waals surface area contributed by atoms with Crippen molar-refractivity contribution in [2.24, 2.45) is 0 Å². The van der Waals surface area contributed by atoms with Gasteiger partial charge in [-0.05, 0) is 32.0 Å². The summed E-state index contributed by atoms with van der Waals surface area (Å²) in [5.41, 5.74) is -1.79. The van der Waals surface area contributed by atoms with E-state index in [2.05, 4.69) is 10.1 Å². The number of nitrogens with one attached hydrogen (secondary N) is 2. The van der Waals surface area contributed by atoms with Crippen molar-refractivity contribution in [3.63, 3.8) is 0 Å². The lowest BCUT2D eigenvalue weighted by molar-refractivity contribution is -0.138. The Balaban J connectivity index is 1.80. The number of nitrogens with zero attached hydrogens (tertiary/aromatic N) is 2. The van der Waals surface area contributed by atoms with Gasteiger partial charge in [-0.25, -0.2) is 13.8 Å². The van der Waals surface area contributed by atoms with Crippen LogP contribution in [0, 0.1) is 0 Å². The number of aliphatic hydroxyl groups is 1. The Bertz CT molecular complexity index is 1120. The number of carboxylic acid groups (broad SMARTS) is 1. The fourth-order valence-corrected chi connectivity index (χ4v) is 4.69. The number of carboxylic acids is 1. The maximum atomic E-state index is 15.4. The number of ether oxygens (including phenoxy) is 1. The van der Waals surface area contributed by atoms with Crippen molar-refractivity contribution in [2.45, 2.75) is 44.0 Å². The third-order valence-electron chi connectivity index (χ3n) is 5.01. The van der Waals surface area contributed by atoms with Crippen LogP contribution in [0.3, 0.4) is 0 Å². The van der Waals surface area contributed by atoms with Crippen molar-refractivity contribution in [2.75, 3.05) is 12.1 Å². The minimum atomic E-state index is -4.35. The number of hydrogen-bond acceptors (Lipinski definition) is 10. The molecule has 2 aromatic rings. The number of anilines is 1. The van der Waals surface area contributed by atoms with Gasteiger partial charge in [-0.15, -0.1) is 0 Å². The zero-order valence-electron chi connectivity index (χ0n) is 18.1. The number of aliphatic hydroxyl groups excluding tert-OH is 1. The predicted molar refractivity (Wildman–Crippen MR) is 114 cm³/mol. The van der Waals surface area contributed by atoms with Gasteiger partial charge in [0.1, 0.15) is 24.0 Å². The summed E-state index contributed by atoms with van der Waals surface area (Å²) < 4.78 is 45.6. The summed E-state index contributed by atoms with van der Waals surface area (Å²) in [6.45, 7) is 1.53. The molecule has 2 heterocycles. The third kappa shape index (κ3) is 5.60. The standard InChI is InChI=1S/C19H24FN4O9P/c1-11(16(26)27)23-34(30,33-12-6-4-3-5-7-12)31-10-13-15(25)19(2,20)17(32-13)24-9-8-14(22-29)21-18(24)28/h3-9,11,13,15,17,25,29H,10H2,1-2H3,(H,23,30)(H,26,27)(H,21,22,28)/t11?,13-,15-,17-,19-,34?/m1/s1. The van der Waals surface area contributed by atoms with E-state index in [4.69, 9.17) is 24.1 Å². The van der Waals surface area contributed by atoms with Gasteiger partial charge in [0.2, 0.25) is 0 Å². The lowest BCUT2D eigenvalue weighted by atomic mass is 9.98. The molecule has 186 valence electrons. The minimum Gasteiger partial charge on any atom is -0.480 e. The number of aromatic nitrogens is 2. The summed E-state index contributed by atoms with van der Waals surface area (Å²) in [6.07, 6.45) is -3.78. The molecule has 5 N–H and O–H groups in total. The second-order valence-corrected chi connectivity index (χ2v) is 9.32. The molecule has 34 heavy (non-hydrogen) atoms. The fourth-order valence-electron chi connectivity index (χ4n) is 3.18. The first-order valence-corrected chi connectivity index (χ1v) is 11.5. The number of hydrogen-bond donors (Lipinski definition) is 5. The Labute approximate surface area is 192 Å². The highest BCUT2D eigenvalue weighted by Gasteiger charge is 2.56. The van der Waals surface area contributed by atoms with Crippen LogP contribution < -0.4 is 20.8 Å². The second kappa shape index (κ2) is 10.2. The third-order valence-corrected chi connectivity index (χ3v) is 6.66. The summed E-state index contributed by atoms with van der Waals surface area (Å²) in [5, 5.41) is 30.7. The molecule has 1 fully saturated rings. The van der Waals surface area contributed by atoms with Gasteiger partial charge in [0, 0.05) is 6.20 Å². The molecule has 13 nitrogen and oxygen atoms in total. The SMILES string of the molecule is CC(NP(=O)(OC[C@H]1O[C@@H](n2ccc(NO)nc2=O)[C@](C)(F)[C@@H]1O)Oc1ccccc1)C(=O)O. The van der Waals surface area contributed by atoms with Crippen molar-refractivity contribution in [1.29, 1.82) is 0 Å². The Morgan fingerprint density at radius 2 is 2.06 bits per heavy atom. The van der Waals surface area contributed by atoms with E-state index in [1.165, 1.54) is 25.1 Å². The lowest BCUT2D eigenvalue weighted by Crippen LogP contribution is -2.43. The van der Waals surface area contributed by atoms with Crippen LogP contribution in [0.15, 0.2) is 47.4 Å². The zero-order valence-corrected chi connectivity index (χ0v) is 19.0. The number of halogens is 1. The van der Waals surface area contributed by atoms with Crippen LogP contribution in [0.25, 0.3) is 0 Å². The highest BCUT2D eigenvalue weighted by atomic mass is 31.2. The lowest BCUT2D eigenvalue weighted by Gasteiger charge is -2.25. The number of carbonyl (C=O) groups is 1. The Morgan fingerprint density at radius 3 is 2.65 bits per heavy atom. The summed E-state index contributed by atoms with van der Waals surface area (Å²) in [7, 11) is -4.35. The van der Waals surface area contributed by atoms with Crippen LogP contribution in [-0.2, 0) is 18.6 Å². The van der Waals surface area contributed by atoms with Crippen molar-refractivity contribution < 1.29 is 43.0 Å². The smallest absolute Gasteiger partial charge is 0.459 e. The number of aliphatic carboxylic acids is 1. The van der Waals surface area contributed by atoms with Gasteiger partial charge in [-0.2, -0.15) is 10.1 Å². The number of alkyl halides is 1. The van der Waals surface area contributed by atoms with Gasteiger partial charge >= 0.3 is 19.4 Å². The van der Waals surface area contributed by atoms with E-state index in [9.17, 15) is 19.3 Å². The molecule has 1 saturated heterocycles. The highest BCUT2D eigenvalue weighted by Crippen LogP contribution is 2.47. The van der Waals surface area contributed by atoms with E-state index in [-0.39, 0.29) is 11.6 Å². The van der Waals surface area contributed by atoms with Crippen molar-refractivity contribution in [3.05, 3.63) is 53.1 Å². The van der Waals surface area contributed by atoms with E-state index in [1.54, 1.807) is 23.7 Å². The van der Waals surface area contributed by atoms with Crippen LogP contribution in [0.4, 0.5) is 10.2 Å². The van der Waals surface area contributed by atoms with E-state index in [0.29, 0.717) is 0 Å². The molecule has 6 atom stereocenters. The molecule has 0 radical (unpaired) electrons. The van der Waals surface area contributed by atoms with Gasteiger partial charge in [-0.1, -0.05) is 18.2 Å². The first-order valence-electron chi connectivity index (χ1n) is 9.98. The summed E-state index contributed by atoms with van der Waals surface area (Å²) in [5.74, 6) is -1.41. The van der Waals surface area contributed by atoms with Crippen molar-refractivity contribution in [3.8, 4) is 5.75 Å². The van der Waals surface area contributed by atoms with Crippen LogP contribution in [-0.4, -0.2) is 61.5 Å². The summed E-state index contributed by atoms with van der Waals surface area (Å²) >= 11 is 0. The Kier molecular flexibility index (Phi) is 7.70. The van der Waals surface area contributed by atoms with Crippen LogP contribution in [0.2, 0.25) is 0 Å². The summed E-state index contributed by atoms with van der Waals surface area (Å²) in [4.78, 5) is 26.9. The van der Waals surface area contributed by atoms with Gasteiger partial charge in [-0.3, -0.25) is 24.6 Å². The van der Waals surface area contributed by atoms with Gasteiger partial charge in [0.15, 0.2) is 17.7 Å². The van der Waals surface area contributed by atoms with Crippen LogP contribution in [0.5, 0.6) is 5.75 Å². The largest absolute Gasteiger partial charge is 0.480 e. The van der Waals surface area contributed by atoms with E-state index in [1.807, 2.05) is 0 Å². The predicted octanol–water partition coefficient (Wildman–Crippen LogP) is 1.30. The molecule has 0 bridgehead atoms. The molecule has 0 aliphatic carbocycles. The molecule has 1 aromatic heterocycles. The first-order chi connectivity index (χ1) is 16.0. The molecular weight excluding hydrogens is 478 g/mol. The molecule has 2 unspecified atom stereocenters. The topological polar surface area (TPSA) is 181 Å². The monoisotopic (exact) mass is 502 g/mol. The highest BCUT2D eigenvalue weighted by molar-refractivity contribution is 7.52. The van der Waals surface area contributed by atoms with Crippen molar-refractivity contribution >= 4 is 19.5 Å². The molecule has 1 aliphatic rings. The molecule has 15 heteroatoms. The number of rotatable bonds is 10. The first kappa shape index (κ1) is 25.7. The maximum absolute atomic E-state index is 15.4. The molecule has 0 spiro atoms. The van der Waals surface area contributed by atoms with Crippen LogP contribution in [0.1, 0.15) is 20.1 Å². The molecule has 1 aromatic carbocycles. The Hall–Kier alpha value is -2.87. The molecular formula is C19H24FN4O9P. The average molecular weight is 502 g/mol. The normalized spacial score (nSPS) is 27.0. The van der Waals surface area contributed by atoms with Gasteiger partial charge in [0.25, 0.3) is 0 Å². The van der Waals surface area contributed by atoms with Gasteiger partial charge in [0.05, 0.1) is 6.61 Å². The summed E-state index contributed by atoms with van der Waals surface area (Å²) in [6, 6.07) is 7.62. The van der Waals surface area contributed by atoms with Crippen LogP contribution >= 0.6 is 7.75 Å². The number of para-hydroxylation sites is 1. The van der Waals surface area contributed by atoms with E-state index < -0.39 is 56.2 Å². The second-order valence-electron chi connectivity index (χ2n) is 7.62. The molecule has 3 rings (SSSR count). The quantitative estimate of drug-likeness (QED) is 0.232. The zero-order chi connectivity index (χ0) is 25.1. The molecule has 0 saturated carbocycles. The van der Waals surface area contributed by atoms with Gasteiger partial charge < -0.3 is 19.5 Å². The number of benzene rings is 1. The maximum Gasteiger partial charge on any atom is 0.459 e. The van der Waals surface area contributed by atoms with E-state index in [0.717, 1.165) is 17.7 Å².